The number of aromatic nitrogens is 1. The van der Waals surface area contributed by atoms with Crippen LogP contribution in [0.4, 0.5) is 5.69 Å². The minimum Gasteiger partial charge on any atom is -0.464 e. The summed E-state index contributed by atoms with van der Waals surface area (Å²) in [5, 5.41) is 6.41. The first kappa shape index (κ1) is 25.2. The number of ketones is 1. The van der Waals surface area contributed by atoms with Gasteiger partial charge >= 0.3 is 5.97 Å². The number of allylic oxidation sites excluding steroid dienone is 2. The molecule has 0 radical (unpaired) electrons. The predicted molar refractivity (Wildman–Crippen MR) is 135 cm³/mol. The molecule has 1 aromatic heterocycles. The summed E-state index contributed by atoms with van der Waals surface area (Å²) in [5.41, 5.74) is 1.95. The summed E-state index contributed by atoms with van der Waals surface area (Å²) < 4.78 is 5.30. The zero-order chi connectivity index (χ0) is 25.0. The van der Waals surface area contributed by atoms with Crippen LogP contribution in [0.5, 0.6) is 0 Å². The summed E-state index contributed by atoms with van der Waals surface area (Å²) in [4.78, 5) is 41.6. The lowest BCUT2D eigenvalue weighted by molar-refractivity contribution is -0.146. The van der Waals surface area contributed by atoms with Crippen molar-refractivity contribution in [2.24, 2.45) is 5.41 Å². The highest BCUT2D eigenvalue weighted by Crippen LogP contribution is 2.48. The van der Waals surface area contributed by atoms with Crippen molar-refractivity contribution < 1.29 is 19.1 Å². The molecule has 1 saturated carbocycles. The molecule has 35 heavy (non-hydrogen) atoms. The third-order valence-corrected chi connectivity index (χ3v) is 7.18. The van der Waals surface area contributed by atoms with Gasteiger partial charge in [0, 0.05) is 36.3 Å². The minimum absolute atomic E-state index is 0.150. The van der Waals surface area contributed by atoms with Crippen molar-refractivity contribution in [3.8, 4) is 0 Å². The zero-order valence-electron chi connectivity index (χ0n) is 19.4. The summed E-state index contributed by atoms with van der Waals surface area (Å²) in [6.07, 6.45) is 9.50. The number of carbonyl (C=O) groups is 3. The van der Waals surface area contributed by atoms with Crippen LogP contribution in [-0.4, -0.2) is 35.3 Å². The van der Waals surface area contributed by atoms with E-state index in [2.05, 4.69) is 15.6 Å². The highest BCUT2D eigenvalue weighted by atomic mass is 35.5. The maximum atomic E-state index is 12.7. The van der Waals surface area contributed by atoms with Crippen LogP contribution < -0.4 is 10.6 Å². The van der Waals surface area contributed by atoms with Gasteiger partial charge in [0.2, 0.25) is 0 Å². The van der Waals surface area contributed by atoms with E-state index in [1.54, 1.807) is 25.1 Å². The van der Waals surface area contributed by atoms with Gasteiger partial charge in [-0.1, -0.05) is 54.6 Å². The number of pyridine rings is 1. The lowest BCUT2D eigenvalue weighted by Crippen LogP contribution is -2.52. The van der Waals surface area contributed by atoms with Crippen molar-refractivity contribution in [1.29, 1.82) is 0 Å². The Balaban J connectivity index is 1.45. The van der Waals surface area contributed by atoms with Crippen molar-refractivity contribution in [3.05, 3.63) is 69.6 Å². The first-order valence-corrected chi connectivity index (χ1v) is 12.5. The second-order valence-corrected chi connectivity index (χ2v) is 9.66. The van der Waals surface area contributed by atoms with Gasteiger partial charge in [0.15, 0.2) is 5.78 Å². The Morgan fingerprint density at radius 3 is 2.34 bits per heavy atom. The molecule has 9 heteroatoms. The van der Waals surface area contributed by atoms with Gasteiger partial charge in [-0.2, -0.15) is 0 Å². The number of benzene rings is 1. The lowest BCUT2D eigenvalue weighted by atomic mass is 9.62. The Hall–Kier alpha value is -2.90. The summed E-state index contributed by atoms with van der Waals surface area (Å²) >= 11 is 12.1. The van der Waals surface area contributed by atoms with E-state index in [4.69, 9.17) is 27.9 Å². The Bertz CT molecular complexity index is 1140. The summed E-state index contributed by atoms with van der Waals surface area (Å²) in [5.74, 6) is -0.657. The van der Waals surface area contributed by atoms with Crippen LogP contribution in [0.3, 0.4) is 0 Å². The standard InChI is InChI=1S/C26H27Cl2N3O4/c1-2-35-25(34)20(31-21-13-22(32)26(21)10-4-3-5-11-26)12-16-6-8-17(9-7-16)30-24(33)23-18(27)14-29-15-19(23)28/h6-9,13-15,20,31H,2-5,10-12H2,1H3,(H,30,33)/t20-/m0/s1. The number of halogens is 2. The summed E-state index contributed by atoms with van der Waals surface area (Å²) in [6.45, 7) is 2.04. The summed E-state index contributed by atoms with van der Waals surface area (Å²) in [6, 6.07) is 6.52. The SMILES string of the molecule is CCOC(=O)[C@H](Cc1ccc(NC(=O)c2c(Cl)cncc2Cl)cc1)NC1=CC(=O)C12CCCCC2. The molecule has 2 aliphatic carbocycles. The van der Waals surface area contributed by atoms with Gasteiger partial charge in [0.1, 0.15) is 6.04 Å². The number of amides is 1. The van der Waals surface area contributed by atoms with Crippen LogP contribution in [0.15, 0.2) is 48.4 Å². The van der Waals surface area contributed by atoms with Crippen LogP contribution in [0.1, 0.15) is 54.9 Å². The van der Waals surface area contributed by atoms with Crippen molar-refractivity contribution in [3.63, 3.8) is 0 Å². The lowest BCUT2D eigenvalue weighted by Gasteiger charge is -2.44. The molecule has 7 nitrogen and oxygen atoms in total. The van der Waals surface area contributed by atoms with Gasteiger partial charge in [-0.3, -0.25) is 14.6 Å². The summed E-state index contributed by atoms with van der Waals surface area (Å²) in [7, 11) is 0. The monoisotopic (exact) mass is 515 g/mol. The molecule has 184 valence electrons. The molecule has 1 amide bonds. The molecule has 4 rings (SSSR count). The van der Waals surface area contributed by atoms with Gasteiger partial charge in [-0.25, -0.2) is 4.79 Å². The van der Waals surface area contributed by atoms with E-state index >= 15 is 0 Å². The molecule has 2 aliphatic rings. The van der Waals surface area contributed by atoms with E-state index in [-0.39, 0.29) is 34.0 Å². The van der Waals surface area contributed by atoms with Gasteiger partial charge < -0.3 is 15.4 Å². The number of anilines is 1. The maximum absolute atomic E-state index is 12.7. The van der Waals surface area contributed by atoms with Gasteiger partial charge in [0.05, 0.1) is 27.6 Å². The fourth-order valence-corrected chi connectivity index (χ4v) is 5.26. The Labute approximate surface area is 214 Å². The molecule has 1 aromatic carbocycles. The molecule has 1 atom stereocenters. The molecule has 1 spiro atoms. The highest BCUT2D eigenvalue weighted by molar-refractivity contribution is 6.40. The molecule has 0 saturated heterocycles. The van der Waals surface area contributed by atoms with Crippen molar-refractivity contribution in [2.75, 3.05) is 11.9 Å². The third-order valence-electron chi connectivity index (χ3n) is 6.60. The average molecular weight is 516 g/mol. The largest absolute Gasteiger partial charge is 0.464 e. The third kappa shape index (κ3) is 5.36. The minimum atomic E-state index is -0.622. The smallest absolute Gasteiger partial charge is 0.328 e. The highest BCUT2D eigenvalue weighted by Gasteiger charge is 2.49. The fourth-order valence-electron chi connectivity index (χ4n) is 4.72. The normalized spacial score (nSPS) is 17.2. The molecular formula is C26H27Cl2N3O4. The van der Waals surface area contributed by atoms with E-state index in [0.717, 1.165) is 43.4 Å². The molecule has 0 unspecified atom stereocenters. The first-order chi connectivity index (χ1) is 16.8. The predicted octanol–water partition coefficient (Wildman–Crippen LogP) is 5.12. The molecule has 2 aromatic rings. The molecule has 0 aliphatic heterocycles. The quantitative estimate of drug-likeness (QED) is 0.473. The topological polar surface area (TPSA) is 97.4 Å². The van der Waals surface area contributed by atoms with E-state index in [0.29, 0.717) is 12.1 Å². The molecule has 2 N–H and O–H groups in total. The van der Waals surface area contributed by atoms with Crippen LogP contribution in [-0.2, 0) is 20.7 Å². The molecule has 0 bridgehead atoms. The maximum Gasteiger partial charge on any atom is 0.328 e. The number of nitrogens with one attached hydrogen (secondary N) is 2. The van der Waals surface area contributed by atoms with Crippen LogP contribution >= 0.6 is 23.2 Å². The van der Waals surface area contributed by atoms with Crippen LogP contribution in [0, 0.1) is 5.41 Å². The number of rotatable bonds is 8. The Morgan fingerprint density at radius 2 is 1.74 bits per heavy atom. The van der Waals surface area contributed by atoms with Crippen LogP contribution in [0.2, 0.25) is 10.0 Å². The molecule has 1 heterocycles. The number of ether oxygens (including phenoxy) is 1. The number of carbonyl (C=O) groups excluding carboxylic acids is 3. The number of nitrogens with zero attached hydrogens (tertiary/aromatic N) is 1. The van der Waals surface area contributed by atoms with Gasteiger partial charge in [-0.05, 0) is 37.5 Å². The van der Waals surface area contributed by atoms with Crippen molar-refractivity contribution >= 4 is 46.5 Å². The van der Waals surface area contributed by atoms with E-state index in [9.17, 15) is 14.4 Å². The van der Waals surface area contributed by atoms with Crippen molar-refractivity contribution in [1.82, 2.24) is 10.3 Å². The number of hydrogen-bond acceptors (Lipinski definition) is 6. The van der Waals surface area contributed by atoms with E-state index in [1.165, 1.54) is 12.4 Å². The first-order valence-electron chi connectivity index (χ1n) is 11.7. The Morgan fingerprint density at radius 1 is 1.09 bits per heavy atom. The second kappa shape index (κ2) is 10.8. The fraction of sp³-hybridized carbons (Fsp3) is 0.385. The van der Waals surface area contributed by atoms with Crippen LogP contribution in [0.25, 0.3) is 0 Å². The Kier molecular flexibility index (Phi) is 7.77. The van der Waals surface area contributed by atoms with E-state index < -0.39 is 17.4 Å². The molecular weight excluding hydrogens is 489 g/mol. The average Bonchev–Trinajstić information content (AvgIpc) is 2.85. The second-order valence-electron chi connectivity index (χ2n) is 8.85. The zero-order valence-corrected chi connectivity index (χ0v) is 20.9. The van der Waals surface area contributed by atoms with Crippen molar-refractivity contribution in [2.45, 2.75) is 51.5 Å². The molecule has 1 fully saturated rings. The van der Waals surface area contributed by atoms with Gasteiger partial charge in [0.25, 0.3) is 5.91 Å². The number of hydrogen-bond donors (Lipinski definition) is 2. The number of esters is 1. The van der Waals surface area contributed by atoms with E-state index in [1.807, 2.05) is 12.1 Å². The van der Waals surface area contributed by atoms with Gasteiger partial charge in [-0.15, -0.1) is 0 Å².